The molecule has 3 rings (SSSR count). The van der Waals surface area contributed by atoms with E-state index in [1.807, 2.05) is 17.7 Å². The molecule has 0 saturated carbocycles. The summed E-state index contributed by atoms with van der Waals surface area (Å²) >= 11 is 0. The van der Waals surface area contributed by atoms with Crippen LogP contribution in [0.15, 0.2) is 42.5 Å². The van der Waals surface area contributed by atoms with E-state index in [0.29, 0.717) is 11.3 Å². The van der Waals surface area contributed by atoms with Crippen molar-refractivity contribution < 1.29 is 9.18 Å². The maximum atomic E-state index is 13.0. The largest absolute Gasteiger partial charge is 0.331 e. The smallest absolute Gasteiger partial charge is 0.258 e. The van der Waals surface area contributed by atoms with Crippen LogP contribution in [0.2, 0.25) is 0 Å². The number of anilines is 1. The number of aromatic nitrogens is 2. The first-order valence-electron chi connectivity index (χ1n) is 7.50. The molecule has 23 heavy (non-hydrogen) atoms. The van der Waals surface area contributed by atoms with Crippen molar-refractivity contribution in [1.82, 2.24) is 9.55 Å². The number of benzene rings is 2. The SMILES string of the molecule is CCc1nc2cc(C(=O)N(C)c3ccc(F)cc3)ccc2n1C. The molecule has 1 heterocycles. The lowest BCUT2D eigenvalue weighted by Crippen LogP contribution is -2.26. The Bertz CT molecular complexity index is 868. The van der Waals surface area contributed by atoms with Crippen molar-refractivity contribution in [2.75, 3.05) is 11.9 Å². The van der Waals surface area contributed by atoms with Gasteiger partial charge in [-0.2, -0.15) is 0 Å². The zero-order valence-corrected chi connectivity index (χ0v) is 13.4. The second-order valence-electron chi connectivity index (χ2n) is 5.48. The molecule has 0 unspecified atom stereocenters. The summed E-state index contributed by atoms with van der Waals surface area (Å²) in [5.41, 5.74) is 3.02. The number of amides is 1. The molecule has 0 fully saturated rings. The molecule has 5 heteroatoms. The molecular formula is C18H18FN3O. The van der Waals surface area contributed by atoms with E-state index < -0.39 is 0 Å². The third-order valence-corrected chi connectivity index (χ3v) is 4.06. The molecule has 0 aliphatic carbocycles. The molecule has 1 aromatic heterocycles. The van der Waals surface area contributed by atoms with Crippen LogP contribution in [-0.2, 0) is 13.5 Å². The summed E-state index contributed by atoms with van der Waals surface area (Å²) in [6.07, 6.45) is 0.837. The standard InChI is InChI=1S/C18H18FN3O/c1-4-17-20-15-11-12(5-10-16(15)22(17)3)18(23)21(2)14-8-6-13(19)7-9-14/h5-11H,4H2,1-3H3. The minimum absolute atomic E-state index is 0.151. The number of fused-ring (bicyclic) bond motifs is 1. The molecular weight excluding hydrogens is 293 g/mol. The maximum Gasteiger partial charge on any atom is 0.258 e. The van der Waals surface area contributed by atoms with Gasteiger partial charge < -0.3 is 9.47 Å². The minimum Gasteiger partial charge on any atom is -0.331 e. The zero-order valence-electron chi connectivity index (χ0n) is 13.4. The highest BCUT2D eigenvalue weighted by molar-refractivity contribution is 6.07. The van der Waals surface area contributed by atoms with Crippen molar-refractivity contribution in [3.05, 3.63) is 59.7 Å². The maximum absolute atomic E-state index is 13.0. The van der Waals surface area contributed by atoms with Crippen LogP contribution >= 0.6 is 0 Å². The number of nitrogens with zero attached hydrogens (tertiary/aromatic N) is 3. The summed E-state index contributed by atoms with van der Waals surface area (Å²) in [5.74, 6) is 0.510. The van der Waals surface area contributed by atoms with Gasteiger partial charge in [-0.15, -0.1) is 0 Å². The van der Waals surface area contributed by atoms with Crippen LogP contribution in [-0.4, -0.2) is 22.5 Å². The Labute approximate surface area is 134 Å². The Hall–Kier alpha value is -2.69. The van der Waals surface area contributed by atoms with Gasteiger partial charge in [0.1, 0.15) is 11.6 Å². The number of rotatable bonds is 3. The first kappa shape index (κ1) is 15.2. The predicted molar refractivity (Wildman–Crippen MR) is 89.2 cm³/mol. The van der Waals surface area contributed by atoms with E-state index in [1.165, 1.54) is 17.0 Å². The predicted octanol–water partition coefficient (Wildman–Crippen LogP) is 3.55. The molecule has 0 radical (unpaired) electrons. The van der Waals surface area contributed by atoms with E-state index in [1.54, 1.807) is 31.3 Å². The van der Waals surface area contributed by atoms with Crippen molar-refractivity contribution in [1.29, 1.82) is 0 Å². The number of carbonyl (C=O) groups excluding carboxylic acids is 1. The Kier molecular flexibility index (Phi) is 3.86. The van der Waals surface area contributed by atoms with Gasteiger partial charge in [0.2, 0.25) is 0 Å². The summed E-state index contributed by atoms with van der Waals surface area (Å²) < 4.78 is 15.0. The van der Waals surface area contributed by atoms with Gasteiger partial charge in [0.05, 0.1) is 11.0 Å². The topological polar surface area (TPSA) is 38.1 Å². The number of halogens is 1. The van der Waals surface area contributed by atoms with E-state index in [2.05, 4.69) is 11.9 Å². The highest BCUT2D eigenvalue weighted by atomic mass is 19.1. The molecule has 2 aromatic carbocycles. The third-order valence-electron chi connectivity index (χ3n) is 4.06. The minimum atomic E-state index is -0.323. The van der Waals surface area contributed by atoms with Gasteiger partial charge in [-0.25, -0.2) is 9.37 Å². The van der Waals surface area contributed by atoms with E-state index in [0.717, 1.165) is 23.3 Å². The van der Waals surface area contributed by atoms with E-state index in [9.17, 15) is 9.18 Å². The third kappa shape index (κ3) is 2.70. The van der Waals surface area contributed by atoms with Crippen molar-refractivity contribution in [2.45, 2.75) is 13.3 Å². The van der Waals surface area contributed by atoms with Crippen LogP contribution in [0.25, 0.3) is 11.0 Å². The Balaban J connectivity index is 1.95. The number of carbonyl (C=O) groups is 1. The van der Waals surface area contributed by atoms with Gasteiger partial charge in [-0.1, -0.05) is 6.92 Å². The molecule has 3 aromatic rings. The quantitative estimate of drug-likeness (QED) is 0.742. The van der Waals surface area contributed by atoms with Crippen molar-refractivity contribution >= 4 is 22.6 Å². The van der Waals surface area contributed by atoms with Crippen LogP contribution < -0.4 is 4.90 Å². The molecule has 1 amide bonds. The fourth-order valence-electron chi connectivity index (χ4n) is 2.67. The Morgan fingerprint density at radius 1 is 1.22 bits per heavy atom. The van der Waals surface area contributed by atoms with Crippen LogP contribution in [0.3, 0.4) is 0 Å². The highest BCUT2D eigenvalue weighted by Gasteiger charge is 2.15. The second kappa shape index (κ2) is 5.83. The summed E-state index contributed by atoms with van der Waals surface area (Å²) in [4.78, 5) is 18.7. The van der Waals surface area contributed by atoms with Crippen molar-refractivity contribution in [3.63, 3.8) is 0 Å². The lowest BCUT2D eigenvalue weighted by atomic mass is 10.1. The molecule has 0 spiro atoms. The molecule has 0 bridgehead atoms. The molecule has 0 atom stereocenters. The highest BCUT2D eigenvalue weighted by Crippen LogP contribution is 2.20. The monoisotopic (exact) mass is 311 g/mol. The lowest BCUT2D eigenvalue weighted by molar-refractivity contribution is 0.0993. The summed E-state index contributed by atoms with van der Waals surface area (Å²) in [6, 6.07) is 11.4. The first-order chi connectivity index (χ1) is 11.0. The van der Waals surface area contributed by atoms with Crippen LogP contribution in [0.4, 0.5) is 10.1 Å². The van der Waals surface area contributed by atoms with Gasteiger partial charge in [0.15, 0.2) is 0 Å². The van der Waals surface area contributed by atoms with E-state index >= 15 is 0 Å². The molecule has 118 valence electrons. The van der Waals surface area contributed by atoms with Crippen molar-refractivity contribution in [3.8, 4) is 0 Å². The van der Waals surface area contributed by atoms with Gasteiger partial charge in [-0.3, -0.25) is 4.79 Å². The molecule has 4 nitrogen and oxygen atoms in total. The normalized spacial score (nSPS) is 11.0. The average molecular weight is 311 g/mol. The summed E-state index contributed by atoms with van der Waals surface area (Å²) in [6.45, 7) is 2.05. The molecule has 0 aliphatic rings. The van der Waals surface area contributed by atoms with E-state index in [-0.39, 0.29) is 11.7 Å². The molecule has 0 N–H and O–H groups in total. The van der Waals surface area contributed by atoms with Gasteiger partial charge >= 0.3 is 0 Å². The van der Waals surface area contributed by atoms with Gasteiger partial charge in [0, 0.05) is 31.8 Å². The molecule has 0 saturated heterocycles. The van der Waals surface area contributed by atoms with Gasteiger partial charge in [-0.05, 0) is 42.5 Å². The number of aryl methyl sites for hydroxylation is 2. The van der Waals surface area contributed by atoms with Crippen LogP contribution in [0.5, 0.6) is 0 Å². The lowest BCUT2D eigenvalue weighted by Gasteiger charge is -2.17. The van der Waals surface area contributed by atoms with Crippen molar-refractivity contribution in [2.24, 2.45) is 7.05 Å². The first-order valence-corrected chi connectivity index (χ1v) is 7.50. The Morgan fingerprint density at radius 3 is 2.57 bits per heavy atom. The fourth-order valence-corrected chi connectivity index (χ4v) is 2.67. The molecule has 0 aliphatic heterocycles. The van der Waals surface area contributed by atoms with Crippen LogP contribution in [0.1, 0.15) is 23.1 Å². The van der Waals surface area contributed by atoms with Crippen LogP contribution in [0, 0.1) is 5.82 Å². The number of hydrogen-bond acceptors (Lipinski definition) is 2. The summed E-state index contributed by atoms with van der Waals surface area (Å²) in [5, 5.41) is 0. The summed E-state index contributed by atoms with van der Waals surface area (Å²) in [7, 11) is 3.65. The van der Waals surface area contributed by atoms with Gasteiger partial charge in [0.25, 0.3) is 5.91 Å². The number of imidazole rings is 1. The Morgan fingerprint density at radius 2 is 1.91 bits per heavy atom. The second-order valence-corrected chi connectivity index (χ2v) is 5.48. The number of hydrogen-bond donors (Lipinski definition) is 0. The fraction of sp³-hybridized carbons (Fsp3) is 0.222. The zero-order chi connectivity index (χ0) is 16.6. The average Bonchev–Trinajstić information content (AvgIpc) is 2.89. The van der Waals surface area contributed by atoms with E-state index in [4.69, 9.17) is 0 Å².